The summed E-state index contributed by atoms with van der Waals surface area (Å²) in [5, 5.41) is 13.9. The van der Waals surface area contributed by atoms with Crippen molar-refractivity contribution in [2.24, 2.45) is 0 Å². The van der Waals surface area contributed by atoms with E-state index in [0.29, 0.717) is 17.7 Å². The molecule has 0 spiro atoms. The van der Waals surface area contributed by atoms with Gasteiger partial charge in [0.1, 0.15) is 5.60 Å². The van der Waals surface area contributed by atoms with Gasteiger partial charge in [0.05, 0.1) is 11.6 Å². The zero-order chi connectivity index (χ0) is 20.4. The van der Waals surface area contributed by atoms with Gasteiger partial charge < -0.3 is 20.1 Å². The van der Waals surface area contributed by atoms with Crippen LogP contribution in [0.5, 0.6) is 0 Å². The normalized spacial score (nSPS) is 11.7. The Balaban J connectivity index is 2.29. The Bertz CT molecular complexity index is 702. The number of amides is 2. The number of ether oxygens (including phenoxy) is 2. The van der Waals surface area contributed by atoms with Gasteiger partial charge in [0, 0.05) is 18.7 Å². The van der Waals surface area contributed by atoms with Gasteiger partial charge in [0.15, 0.2) is 6.10 Å². The fourth-order valence-corrected chi connectivity index (χ4v) is 1.92. The molecule has 8 nitrogen and oxygen atoms in total. The monoisotopic (exact) mass is 375 g/mol. The summed E-state index contributed by atoms with van der Waals surface area (Å²) in [5.74, 6) is -1.01. The predicted molar refractivity (Wildman–Crippen MR) is 98.8 cm³/mol. The first-order valence-corrected chi connectivity index (χ1v) is 8.58. The van der Waals surface area contributed by atoms with Crippen LogP contribution in [0.4, 0.5) is 10.5 Å². The van der Waals surface area contributed by atoms with Crippen molar-refractivity contribution in [2.45, 2.75) is 52.2 Å². The number of anilines is 1. The molecule has 146 valence electrons. The molecule has 1 aromatic rings. The lowest BCUT2D eigenvalue weighted by molar-refractivity contribution is -0.153. The Kier molecular flexibility index (Phi) is 8.27. The molecule has 0 fully saturated rings. The fraction of sp³-hybridized carbons (Fsp3) is 0.474. The molecule has 1 aromatic carbocycles. The van der Waals surface area contributed by atoms with Crippen LogP contribution in [0.15, 0.2) is 24.3 Å². The van der Waals surface area contributed by atoms with Crippen molar-refractivity contribution < 1.29 is 23.9 Å². The van der Waals surface area contributed by atoms with Gasteiger partial charge in [-0.05, 0) is 58.4 Å². The van der Waals surface area contributed by atoms with Gasteiger partial charge in [-0.25, -0.2) is 4.79 Å². The lowest BCUT2D eigenvalue weighted by atomic mass is 10.2. The van der Waals surface area contributed by atoms with Crippen molar-refractivity contribution >= 4 is 23.7 Å². The molecule has 2 amide bonds. The fourth-order valence-electron chi connectivity index (χ4n) is 1.92. The molecule has 8 heteroatoms. The summed E-state index contributed by atoms with van der Waals surface area (Å²) in [6.45, 7) is 7.00. The largest absolute Gasteiger partial charge is 0.453 e. The molecule has 0 aromatic heterocycles. The van der Waals surface area contributed by atoms with Crippen LogP contribution in [0, 0.1) is 11.3 Å². The van der Waals surface area contributed by atoms with Crippen LogP contribution < -0.4 is 10.6 Å². The van der Waals surface area contributed by atoms with E-state index in [9.17, 15) is 14.4 Å². The molecule has 0 aliphatic heterocycles. The number of nitrogens with one attached hydrogen (secondary N) is 2. The number of alkyl carbamates (subject to hydrolysis) is 1. The molecule has 0 bridgehead atoms. The molecule has 0 radical (unpaired) electrons. The van der Waals surface area contributed by atoms with E-state index in [2.05, 4.69) is 10.6 Å². The summed E-state index contributed by atoms with van der Waals surface area (Å²) in [7, 11) is 0. The first kappa shape index (κ1) is 22.0. The SMILES string of the molecule is C[C@@H](OC(=O)CCCNC(=O)OC(C)(C)C)C(=O)Nc1ccc(C#N)cc1. The van der Waals surface area contributed by atoms with Crippen LogP contribution in [0.2, 0.25) is 0 Å². The number of nitrogens with zero attached hydrogens (tertiary/aromatic N) is 1. The number of carbonyl (C=O) groups excluding carboxylic acids is 3. The lowest BCUT2D eigenvalue weighted by Gasteiger charge is -2.19. The van der Waals surface area contributed by atoms with Gasteiger partial charge in [-0.3, -0.25) is 9.59 Å². The van der Waals surface area contributed by atoms with Gasteiger partial charge in [-0.15, -0.1) is 0 Å². The van der Waals surface area contributed by atoms with E-state index >= 15 is 0 Å². The number of carbonyl (C=O) groups is 3. The average molecular weight is 375 g/mol. The molecule has 0 heterocycles. The molecule has 0 aliphatic rings. The second-order valence-electron chi connectivity index (χ2n) is 6.84. The Hall–Kier alpha value is -3.08. The third-order valence-electron chi connectivity index (χ3n) is 3.18. The van der Waals surface area contributed by atoms with Gasteiger partial charge in [0.25, 0.3) is 5.91 Å². The molecule has 0 aliphatic carbocycles. The summed E-state index contributed by atoms with van der Waals surface area (Å²) in [4.78, 5) is 35.3. The summed E-state index contributed by atoms with van der Waals surface area (Å²) >= 11 is 0. The van der Waals surface area contributed by atoms with Crippen molar-refractivity contribution in [3.05, 3.63) is 29.8 Å². The Labute approximate surface area is 158 Å². The first-order chi connectivity index (χ1) is 12.6. The maximum Gasteiger partial charge on any atom is 0.407 e. The highest BCUT2D eigenvalue weighted by molar-refractivity contribution is 5.95. The minimum Gasteiger partial charge on any atom is -0.453 e. The Morgan fingerprint density at radius 1 is 1.19 bits per heavy atom. The van der Waals surface area contributed by atoms with E-state index < -0.39 is 29.7 Å². The number of hydrogen-bond acceptors (Lipinski definition) is 6. The molecular formula is C19H25N3O5. The van der Waals surface area contributed by atoms with Gasteiger partial charge in [-0.2, -0.15) is 5.26 Å². The quantitative estimate of drug-likeness (QED) is 0.559. The topological polar surface area (TPSA) is 118 Å². The van der Waals surface area contributed by atoms with Crippen LogP contribution in [-0.4, -0.2) is 36.2 Å². The smallest absolute Gasteiger partial charge is 0.407 e. The molecular weight excluding hydrogens is 350 g/mol. The van der Waals surface area contributed by atoms with E-state index in [1.165, 1.54) is 6.92 Å². The molecule has 1 atom stereocenters. The number of rotatable bonds is 7. The lowest BCUT2D eigenvalue weighted by Crippen LogP contribution is -2.33. The van der Waals surface area contributed by atoms with Crippen LogP contribution in [0.25, 0.3) is 0 Å². The second-order valence-corrected chi connectivity index (χ2v) is 6.84. The molecule has 0 saturated heterocycles. The van der Waals surface area contributed by atoms with Crippen molar-refractivity contribution in [3.63, 3.8) is 0 Å². The van der Waals surface area contributed by atoms with E-state index in [4.69, 9.17) is 14.7 Å². The van der Waals surface area contributed by atoms with Crippen LogP contribution >= 0.6 is 0 Å². The number of benzene rings is 1. The summed E-state index contributed by atoms with van der Waals surface area (Å²) < 4.78 is 10.1. The highest BCUT2D eigenvalue weighted by Crippen LogP contribution is 2.10. The average Bonchev–Trinajstić information content (AvgIpc) is 2.57. The second kappa shape index (κ2) is 10.2. The molecule has 1 rings (SSSR count). The third kappa shape index (κ3) is 9.26. The minimum atomic E-state index is -0.966. The van der Waals surface area contributed by atoms with E-state index in [1.807, 2.05) is 6.07 Å². The van der Waals surface area contributed by atoms with E-state index in [0.717, 1.165) is 0 Å². The molecule has 0 unspecified atom stereocenters. The summed E-state index contributed by atoms with van der Waals surface area (Å²) in [6.07, 6.45) is -1.09. The number of esters is 1. The van der Waals surface area contributed by atoms with Crippen molar-refractivity contribution in [2.75, 3.05) is 11.9 Å². The van der Waals surface area contributed by atoms with E-state index in [-0.39, 0.29) is 13.0 Å². The molecule has 27 heavy (non-hydrogen) atoms. The van der Waals surface area contributed by atoms with Gasteiger partial charge >= 0.3 is 12.1 Å². The Morgan fingerprint density at radius 3 is 2.37 bits per heavy atom. The highest BCUT2D eigenvalue weighted by Gasteiger charge is 2.18. The zero-order valence-corrected chi connectivity index (χ0v) is 16.0. The van der Waals surface area contributed by atoms with Crippen LogP contribution in [0.1, 0.15) is 46.1 Å². The van der Waals surface area contributed by atoms with Crippen LogP contribution in [0.3, 0.4) is 0 Å². The van der Waals surface area contributed by atoms with Gasteiger partial charge in [-0.1, -0.05) is 0 Å². The maximum absolute atomic E-state index is 12.0. The standard InChI is InChI=1S/C19H25N3O5/c1-13(17(24)22-15-9-7-14(12-20)8-10-15)26-16(23)6-5-11-21-18(25)27-19(2,3)4/h7-10,13H,5-6,11H2,1-4H3,(H,21,25)(H,22,24)/t13-/m1/s1. The van der Waals surface area contributed by atoms with Crippen molar-refractivity contribution in [1.82, 2.24) is 5.32 Å². The molecule has 0 saturated carbocycles. The first-order valence-electron chi connectivity index (χ1n) is 8.58. The summed E-state index contributed by atoms with van der Waals surface area (Å²) in [6, 6.07) is 8.31. The molecule has 2 N–H and O–H groups in total. The number of hydrogen-bond donors (Lipinski definition) is 2. The van der Waals surface area contributed by atoms with Crippen molar-refractivity contribution in [1.29, 1.82) is 5.26 Å². The predicted octanol–water partition coefficient (Wildman–Crippen LogP) is 2.73. The third-order valence-corrected chi connectivity index (χ3v) is 3.18. The van der Waals surface area contributed by atoms with Gasteiger partial charge in [0.2, 0.25) is 0 Å². The maximum atomic E-state index is 12.0. The van der Waals surface area contributed by atoms with Crippen molar-refractivity contribution in [3.8, 4) is 6.07 Å². The van der Waals surface area contributed by atoms with Crippen LogP contribution in [-0.2, 0) is 19.1 Å². The number of nitriles is 1. The zero-order valence-electron chi connectivity index (χ0n) is 16.0. The Morgan fingerprint density at radius 2 is 1.81 bits per heavy atom. The summed E-state index contributed by atoms with van der Waals surface area (Å²) in [5.41, 5.74) is 0.400. The van der Waals surface area contributed by atoms with E-state index in [1.54, 1.807) is 45.0 Å². The minimum absolute atomic E-state index is 0.0598. The highest BCUT2D eigenvalue weighted by atomic mass is 16.6.